The van der Waals surface area contributed by atoms with Crippen LogP contribution in [-0.4, -0.2) is 38.5 Å². The van der Waals surface area contributed by atoms with Crippen molar-refractivity contribution in [3.05, 3.63) is 119 Å². The second kappa shape index (κ2) is 10.2. The fraction of sp³-hybridized carbons (Fsp3) is 0.167. The van der Waals surface area contributed by atoms with E-state index in [0.717, 1.165) is 33.4 Å². The molecule has 0 aliphatic heterocycles. The highest BCUT2D eigenvalue weighted by atomic mass is 32.2. The van der Waals surface area contributed by atoms with Crippen molar-refractivity contribution in [2.75, 3.05) is 17.5 Å². The predicted molar refractivity (Wildman–Crippen MR) is 146 cm³/mol. The van der Waals surface area contributed by atoms with Crippen molar-refractivity contribution in [2.24, 2.45) is 5.16 Å². The second-order valence-corrected chi connectivity index (χ2v) is 11.0. The molecule has 7 heteroatoms. The smallest absolute Gasteiger partial charge is 0.264 e. The number of nitrogens with zero attached hydrogens (tertiary/aromatic N) is 2. The van der Waals surface area contributed by atoms with Crippen LogP contribution in [0.1, 0.15) is 22.3 Å². The zero-order valence-electron chi connectivity index (χ0n) is 20.7. The Bertz CT molecular complexity index is 1500. The van der Waals surface area contributed by atoms with Gasteiger partial charge in [-0.05, 0) is 49.2 Å². The van der Waals surface area contributed by atoms with E-state index < -0.39 is 16.1 Å². The van der Waals surface area contributed by atoms with E-state index in [9.17, 15) is 13.5 Å². The maximum atomic E-state index is 13.6. The number of benzene rings is 4. The van der Waals surface area contributed by atoms with Crippen LogP contribution in [0.5, 0.6) is 0 Å². The van der Waals surface area contributed by atoms with E-state index in [1.807, 2.05) is 74.5 Å². The van der Waals surface area contributed by atoms with Crippen molar-refractivity contribution in [1.29, 1.82) is 0 Å². The first kappa shape index (κ1) is 24.7. The van der Waals surface area contributed by atoms with Crippen LogP contribution < -0.4 is 4.31 Å². The van der Waals surface area contributed by atoms with Crippen LogP contribution in [0.3, 0.4) is 0 Å². The zero-order valence-corrected chi connectivity index (χ0v) is 21.5. The molecule has 1 aliphatic carbocycles. The van der Waals surface area contributed by atoms with Gasteiger partial charge in [0.25, 0.3) is 10.0 Å². The molecule has 0 saturated heterocycles. The molecule has 4 aromatic rings. The van der Waals surface area contributed by atoms with Gasteiger partial charge in [0.1, 0.15) is 18.4 Å². The van der Waals surface area contributed by atoms with Crippen LogP contribution in [0.2, 0.25) is 0 Å². The third kappa shape index (κ3) is 5.01. The van der Waals surface area contributed by atoms with Gasteiger partial charge in [-0.15, -0.1) is 0 Å². The molecule has 0 amide bonds. The van der Waals surface area contributed by atoms with Gasteiger partial charge in [0.15, 0.2) is 0 Å². The van der Waals surface area contributed by atoms with Crippen molar-refractivity contribution in [2.45, 2.75) is 24.8 Å². The van der Waals surface area contributed by atoms with E-state index in [4.69, 9.17) is 4.84 Å². The number of oxime groups is 1. The fourth-order valence-corrected chi connectivity index (χ4v) is 5.92. The third-order valence-corrected chi connectivity index (χ3v) is 8.19. The van der Waals surface area contributed by atoms with E-state index >= 15 is 0 Å². The molecule has 6 nitrogen and oxygen atoms in total. The van der Waals surface area contributed by atoms with Crippen LogP contribution >= 0.6 is 0 Å². The minimum Gasteiger partial charge on any atom is -0.392 e. The lowest BCUT2D eigenvalue weighted by molar-refractivity contribution is 0.0456. The van der Waals surface area contributed by atoms with Crippen molar-refractivity contribution < 1.29 is 18.4 Å². The molecule has 37 heavy (non-hydrogen) atoms. The van der Waals surface area contributed by atoms with Gasteiger partial charge in [0.2, 0.25) is 0 Å². The Morgan fingerprint density at radius 3 is 1.78 bits per heavy atom. The molecule has 5 rings (SSSR count). The lowest BCUT2D eigenvalue weighted by Gasteiger charge is -2.26. The monoisotopic (exact) mass is 512 g/mol. The minimum absolute atomic E-state index is 0.159. The van der Waals surface area contributed by atoms with Gasteiger partial charge in [-0.3, -0.25) is 4.31 Å². The first-order chi connectivity index (χ1) is 17.8. The average molecular weight is 513 g/mol. The molecule has 1 aliphatic rings. The highest BCUT2D eigenvalue weighted by molar-refractivity contribution is 7.92. The largest absolute Gasteiger partial charge is 0.392 e. The molecule has 1 atom stereocenters. The molecule has 4 aromatic carbocycles. The number of hydrogen-bond acceptors (Lipinski definition) is 5. The normalized spacial score (nSPS) is 13.0. The summed E-state index contributed by atoms with van der Waals surface area (Å²) in [5.41, 5.74) is 7.21. The van der Waals surface area contributed by atoms with Crippen LogP contribution in [-0.2, 0) is 14.9 Å². The molecule has 1 unspecified atom stereocenters. The molecule has 0 saturated carbocycles. The van der Waals surface area contributed by atoms with Gasteiger partial charge in [-0.2, -0.15) is 0 Å². The van der Waals surface area contributed by atoms with Gasteiger partial charge in [0, 0.05) is 11.1 Å². The van der Waals surface area contributed by atoms with Crippen molar-refractivity contribution in [3.63, 3.8) is 0 Å². The predicted octanol–water partition coefficient (Wildman–Crippen LogP) is 5.31. The van der Waals surface area contributed by atoms with Crippen molar-refractivity contribution in [3.8, 4) is 11.1 Å². The molecule has 0 aromatic heterocycles. The number of aliphatic hydroxyl groups is 1. The summed E-state index contributed by atoms with van der Waals surface area (Å²) in [6.07, 6.45) is -1.11. The molecule has 0 bridgehead atoms. The number of hydrogen-bond donors (Lipinski definition) is 1. The van der Waals surface area contributed by atoms with Gasteiger partial charge in [-0.25, -0.2) is 8.42 Å². The topological polar surface area (TPSA) is 79.2 Å². The van der Waals surface area contributed by atoms with Crippen LogP contribution in [0.15, 0.2) is 107 Å². The van der Waals surface area contributed by atoms with Crippen molar-refractivity contribution in [1.82, 2.24) is 0 Å². The van der Waals surface area contributed by atoms with E-state index in [1.165, 1.54) is 4.31 Å². The van der Waals surface area contributed by atoms with Gasteiger partial charge >= 0.3 is 0 Å². The Morgan fingerprint density at radius 2 is 1.24 bits per heavy atom. The first-order valence-electron chi connectivity index (χ1n) is 12.1. The lowest BCUT2D eigenvalue weighted by Crippen LogP contribution is -2.39. The Morgan fingerprint density at radius 1 is 0.757 bits per heavy atom. The summed E-state index contributed by atoms with van der Waals surface area (Å²) >= 11 is 0. The highest BCUT2D eigenvalue weighted by Gasteiger charge is 2.28. The second-order valence-electron chi connectivity index (χ2n) is 9.17. The number of rotatable bonds is 8. The summed E-state index contributed by atoms with van der Waals surface area (Å²) in [7, 11) is -3.92. The Labute approximate surface area is 217 Å². The molecule has 0 fully saturated rings. The molecule has 1 N–H and O–H groups in total. The molecule has 188 valence electrons. The quantitative estimate of drug-likeness (QED) is 0.286. The van der Waals surface area contributed by atoms with Crippen molar-refractivity contribution >= 4 is 21.4 Å². The summed E-state index contributed by atoms with van der Waals surface area (Å²) in [5.74, 6) is 0. The molecule has 0 radical (unpaired) electrons. The summed E-state index contributed by atoms with van der Waals surface area (Å²) in [6, 6.07) is 29.8. The molecule has 0 spiro atoms. The summed E-state index contributed by atoms with van der Waals surface area (Å²) < 4.78 is 28.4. The van der Waals surface area contributed by atoms with Crippen LogP contribution in [0.25, 0.3) is 11.1 Å². The van der Waals surface area contributed by atoms with E-state index in [-0.39, 0.29) is 18.0 Å². The number of sulfonamides is 1. The number of anilines is 1. The van der Waals surface area contributed by atoms with E-state index in [2.05, 4.69) is 5.16 Å². The zero-order chi connectivity index (χ0) is 26.0. The summed E-state index contributed by atoms with van der Waals surface area (Å²) in [5, 5.41) is 15.2. The maximum absolute atomic E-state index is 13.6. The fourth-order valence-electron chi connectivity index (χ4n) is 4.42. The number of aryl methyl sites for hydroxylation is 2. The van der Waals surface area contributed by atoms with E-state index in [1.54, 1.807) is 36.4 Å². The minimum atomic E-state index is -3.92. The summed E-state index contributed by atoms with van der Waals surface area (Å²) in [6.45, 7) is 3.48. The lowest BCUT2D eigenvalue weighted by atomic mass is 10.1. The Hall–Kier alpha value is -3.94. The third-order valence-electron chi connectivity index (χ3n) is 6.38. The van der Waals surface area contributed by atoms with Gasteiger partial charge < -0.3 is 9.94 Å². The number of fused-ring (bicyclic) bond motifs is 3. The van der Waals surface area contributed by atoms with E-state index in [0.29, 0.717) is 11.4 Å². The molecular formula is C30H28N2O4S. The molecular weight excluding hydrogens is 484 g/mol. The van der Waals surface area contributed by atoms with Gasteiger partial charge in [-0.1, -0.05) is 89.1 Å². The van der Waals surface area contributed by atoms with Crippen LogP contribution in [0, 0.1) is 13.8 Å². The van der Waals surface area contributed by atoms with Gasteiger partial charge in [0.05, 0.1) is 17.1 Å². The maximum Gasteiger partial charge on any atom is 0.264 e. The Kier molecular flexibility index (Phi) is 6.82. The standard InChI is InChI=1S/C30H28N2O4S/c1-21-11-15-23(16-12-21)32(37(34,35)25-17-13-22(2)14-18-25)19-24(33)20-36-31-30-28-9-5-3-7-26(28)27-8-4-6-10-29(27)30/h3-18,24,33H,19-20H2,1-2H3. The SMILES string of the molecule is Cc1ccc(N(CC(O)CON=C2c3ccccc3-c3ccccc32)S(=O)(=O)c2ccc(C)cc2)cc1. The average Bonchev–Trinajstić information content (AvgIpc) is 3.22. The first-order valence-corrected chi connectivity index (χ1v) is 13.5. The highest BCUT2D eigenvalue weighted by Crippen LogP contribution is 2.36. The summed E-state index contributed by atoms with van der Waals surface area (Å²) in [4.78, 5) is 5.76. The Balaban J connectivity index is 1.37. The number of aliphatic hydroxyl groups excluding tert-OH is 1. The van der Waals surface area contributed by atoms with Crippen LogP contribution in [0.4, 0.5) is 5.69 Å². The molecule has 0 heterocycles.